The van der Waals surface area contributed by atoms with Crippen molar-refractivity contribution in [3.05, 3.63) is 29.8 Å². The minimum atomic E-state index is -0.582. The number of benzene rings is 1. The fraction of sp³-hybridized carbons (Fsp3) is 0.609. The Kier molecular flexibility index (Phi) is 11.4. The van der Waals surface area contributed by atoms with Crippen molar-refractivity contribution < 1.29 is 33.3 Å². The molecule has 0 aliphatic heterocycles. The van der Waals surface area contributed by atoms with E-state index in [0.717, 1.165) is 11.3 Å². The normalized spacial score (nSPS) is 11.8. The number of hydrogen-bond acceptors (Lipinski definition) is 7. The first kappa shape index (κ1) is 27.1. The lowest BCUT2D eigenvalue weighted by Gasteiger charge is -2.24. The number of alkyl carbamates (subject to hydrolysis) is 1. The zero-order valence-electron chi connectivity index (χ0n) is 19.9. The molecule has 0 saturated heterocycles. The second-order valence-electron chi connectivity index (χ2n) is 8.41. The number of rotatable bonds is 11. The summed E-state index contributed by atoms with van der Waals surface area (Å²) < 4.78 is 20.4. The van der Waals surface area contributed by atoms with Crippen molar-refractivity contribution in [2.75, 3.05) is 27.5 Å². The van der Waals surface area contributed by atoms with E-state index in [9.17, 15) is 14.4 Å². The smallest absolute Gasteiger partial charge is 0.412 e. The Balaban J connectivity index is 2.22. The summed E-state index contributed by atoms with van der Waals surface area (Å²) in [6.45, 7) is 7.20. The van der Waals surface area contributed by atoms with Gasteiger partial charge in [0.1, 0.15) is 11.4 Å². The molecule has 0 radical (unpaired) electrons. The summed E-state index contributed by atoms with van der Waals surface area (Å²) >= 11 is 0. The highest BCUT2D eigenvalue weighted by Gasteiger charge is 2.19. The van der Waals surface area contributed by atoms with Gasteiger partial charge in [-0.05, 0) is 58.6 Å². The van der Waals surface area contributed by atoms with Gasteiger partial charge < -0.3 is 29.2 Å². The fourth-order valence-corrected chi connectivity index (χ4v) is 2.73. The quantitative estimate of drug-likeness (QED) is 0.309. The van der Waals surface area contributed by atoms with Crippen LogP contribution in [-0.4, -0.2) is 62.2 Å². The SMILES string of the molecule is COc1ccccc1CC(C)N(C)C(=O)OCOC(=O)CCCCNC(=O)OC(C)(C)C. The van der Waals surface area contributed by atoms with Crippen LogP contribution < -0.4 is 10.1 Å². The Morgan fingerprint density at radius 2 is 1.78 bits per heavy atom. The number of nitrogens with one attached hydrogen (secondary N) is 1. The topological polar surface area (TPSA) is 103 Å². The first-order valence-corrected chi connectivity index (χ1v) is 10.7. The Labute approximate surface area is 190 Å². The minimum Gasteiger partial charge on any atom is -0.496 e. The van der Waals surface area contributed by atoms with Crippen LogP contribution in [-0.2, 0) is 25.4 Å². The van der Waals surface area contributed by atoms with E-state index in [4.69, 9.17) is 18.9 Å². The standard InChI is InChI=1S/C23H36N2O7/c1-17(15-18-11-7-8-12-19(18)29-6)25(5)22(28)31-16-30-20(26)13-9-10-14-24-21(27)32-23(2,3)4/h7-8,11-12,17H,9-10,13-16H2,1-6H3,(H,24,27). The van der Waals surface area contributed by atoms with Crippen molar-refractivity contribution in [3.63, 3.8) is 0 Å². The maximum Gasteiger partial charge on any atom is 0.412 e. The van der Waals surface area contributed by atoms with Gasteiger partial charge in [-0.15, -0.1) is 0 Å². The van der Waals surface area contributed by atoms with Crippen LogP contribution in [0.1, 0.15) is 52.5 Å². The van der Waals surface area contributed by atoms with Crippen molar-refractivity contribution in [2.24, 2.45) is 0 Å². The number of methoxy groups -OCH3 is 1. The van der Waals surface area contributed by atoms with E-state index in [1.54, 1.807) is 34.9 Å². The summed E-state index contributed by atoms with van der Waals surface area (Å²) in [6.07, 6.45) is 0.800. The molecule has 2 amide bonds. The Morgan fingerprint density at radius 3 is 2.44 bits per heavy atom. The van der Waals surface area contributed by atoms with Gasteiger partial charge in [-0.2, -0.15) is 0 Å². The first-order valence-electron chi connectivity index (χ1n) is 10.7. The molecule has 1 aromatic rings. The highest BCUT2D eigenvalue weighted by molar-refractivity contribution is 5.70. The highest BCUT2D eigenvalue weighted by atomic mass is 16.7. The molecule has 0 saturated carbocycles. The van der Waals surface area contributed by atoms with Gasteiger partial charge in [-0.1, -0.05) is 18.2 Å². The third kappa shape index (κ3) is 10.9. The third-order valence-electron chi connectivity index (χ3n) is 4.54. The van der Waals surface area contributed by atoms with Crippen LogP contribution in [0, 0.1) is 0 Å². The Bertz CT molecular complexity index is 746. The van der Waals surface area contributed by atoms with Crippen LogP contribution in [0.25, 0.3) is 0 Å². The molecule has 9 nitrogen and oxygen atoms in total. The van der Waals surface area contributed by atoms with Gasteiger partial charge in [0.15, 0.2) is 0 Å². The van der Waals surface area contributed by atoms with Gasteiger partial charge in [0.25, 0.3) is 0 Å². The van der Waals surface area contributed by atoms with Crippen LogP contribution in [0.4, 0.5) is 9.59 Å². The molecule has 180 valence electrons. The van der Waals surface area contributed by atoms with Crippen LogP contribution in [0.3, 0.4) is 0 Å². The van der Waals surface area contributed by atoms with E-state index in [1.807, 2.05) is 31.2 Å². The molecule has 1 unspecified atom stereocenters. The molecule has 0 heterocycles. The van der Waals surface area contributed by atoms with Gasteiger partial charge >= 0.3 is 18.2 Å². The highest BCUT2D eigenvalue weighted by Crippen LogP contribution is 2.20. The molecule has 0 aromatic heterocycles. The average Bonchev–Trinajstić information content (AvgIpc) is 2.71. The summed E-state index contributed by atoms with van der Waals surface area (Å²) in [5.41, 5.74) is 0.431. The summed E-state index contributed by atoms with van der Waals surface area (Å²) in [7, 11) is 3.23. The van der Waals surface area contributed by atoms with Gasteiger partial charge in [0, 0.05) is 26.1 Å². The van der Waals surface area contributed by atoms with Crippen LogP contribution in [0.2, 0.25) is 0 Å². The van der Waals surface area contributed by atoms with E-state index >= 15 is 0 Å². The van der Waals surface area contributed by atoms with Crippen molar-refractivity contribution in [2.45, 2.75) is 65.0 Å². The molecule has 0 spiro atoms. The van der Waals surface area contributed by atoms with Gasteiger partial charge in [0.2, 0.25) is 6.79 Å². The number of ether oxygens (including phenoxy) is 4. The molecular formula is C23H36N2O7. The zero-order valence-corrected chi connectivity index (χ0v) is 19.9. The van der Waals surface area contributed by atoms with Crippen molar-refractivity contribution >= 4 is 18.2 Å². The van der Waals surface area contributed by atoms with Gasteiger partial charge in [-0.25, -0.2) is 9.59 Å². The molecule has 1 rings (SSSR count). The molecule has 1 N–H and O–H groups in total. The van der Waals surface area contributed by atoms with E-state index in [2.05, 4.69) is 5.32 Å². The largest absolute Gasteiger partial charge is 0.496 e. The van der Waals surface area contributed by atoms with E-state index in [0.29, 0.717) is 25.8 Å². The summed E-state index contributed by atoms with van der Waals surface area (Å²) in [5, 5.41) is 2.62. The summed E-state index contributed by atoms with van der Waals surface area (Å²) in [4.78, 5) is 36.9. The lowest BCUT2D eigenvalue weighted by molar-refractivity contribution is -0.152. The maximum atomic E-state index is 12.2. The zero-order chi connectivity index (χ0) is 24.1. The number of carbonyl (C=O) groups excluding carboxylic acids is 3. The van der Waals surface area contributed by atoms with Crippen molar-refractivity contribution in [1.29, 1.82) is 0 Å². The molecule has 0 fully saturated rings. The number of amides is 2. The molecular weight excluding hydrogens is 416 g/mol. The predicted octanol–water partition coefficient (Wildman–Crippen LogP) is 3.89. The number of esters is 1. The fourth-order valence-electron chi connectivity index (χ4n) is 2.73. The third-order valence-corrected chi connectivity index (χ3v) is 4.54. The molecule has 9 heteroatoms. The number of carbonyl (C=O) groups is 3. The lowest BCUT2D eigenvalue weighted by atomic mass is 10.1. The van der Waals surface area contributed by atoms with E-state index in [1.165, 1.54) is 4.90 Å². The molecule has 0 aliphatic rings. The molecule has 0 bridgehead atoms. The molecule has 0 aliphatic carbocycles. The van der Waals surface area contributed by atoms with Crippen LogP contribution in [0.5, 0.6) is 5.75 Å². The van der Waals surface area contributed by atoms with Crippen molar-refractivity contribution in [1.82, 2.24) is 10.2 Å². The number of para-hydroxylation sites is 1. The maximum absolute atomic E-state index is 12.2. The molecule has 1 aromatic carbocycles. The average molecular weight is 453 g/mol. The number of nitrogens with zero attached hydrogens (tertiary/aromatic N) is 1. The number of unbranched alkanes of at least 4 members (excludes halogenated alkanes) is 1. The summed E-state index contributed by atoms with van der Waals surface area (Å²) in [5.74, 6) is 0.288. The minimum absolute atomic E-state index is 0.146. The second kappa shape index (κ2) is 13.4. The second-order valence-corrected chi connectivity index (χ2v) is 8.41. The molecule has 32 heavy (non-hydrogen) atoms. The van der Waals surface area contributed by atoms with Gasteiger partial charge in [-0.3, -0.25) is 4.79 Å². The van der Waals surface area contributed by atoms with Crippen molar-refractivity contribution in [3.8, 4) is 5.75 Å². The Morgan fingerprint density at radius 1 is 1.09 bits per heavy atom. The number of hydrogen-bond donors (Lipinski definition) is 1. The predicted molar refractivity (Wildman–Crippen MR) is 119 cm³/mol. The summed E-state index contributed by atoms with van der Waals surface area (Å²) in [6, 6.07) is 7.46. The van der Waals surface area contributed by atoms with Crippen LogP contribution >= 0.6 is 0 Å². The number of likely N-dealkylation sites (N-methyl/N-ethyl adjacent to an activating group) is 1. The van der Waals surface area contributed by atoms with Gasteiger partial charge in [0.05, 0.1) is 7.11 Å². The monoisotopic (exact) mass is 452 g/mol. The molecule has 1 atom stereocenters. The first-order chi connectivity index (χ1) is 15.0. The van der Waals surface area contributed by atoms with E-state index < -0.39 is 30.5 Å². The van der Waals surface area contributed by atoms with E-state index in [-0.39, 0.29) is 12.5 Å². The lowest BCUT2D eigenvalue weighted by Crippen LogP contribution is -2.37. The Hall–Kier alpha value is -2.97. The van der Waals surface area contributed by atoms with Crippen LogP contribution in [0.15, 0.2) is 24.3 Å².